The standard InChI is InChI=1S/C14H20N2O2/c1-11-4-2-3-5-12(11)14(6-7-14)10-16-13(18)15-8-9-17/h2-5,17H,6-10H2,1H3,(H2,15,16,18). The quantitative estimate of drug-likeness (QED) is 0.736. The molecular weight excluding hydrogens is 228 g/mol. The monoisotopic (exact) mass is 248 g/mol. The lowest BCUT2D eigenvalue weighted by Gasteiger charge is -2.19. The van der Waals surface area contributed by atoms with Gasteiger partial charge in [0.25, 0.3) is 0 Å². The van der Waals surface area contributed by atoms with Crippen LogP contribution >= 0.6 is 0 Å². The molecule has 1 aliphatic carbocycles. The summed E-state index contributed by atoms with van der Waals surface area (Å²) in [6, 6.07) is 8.14. The zero-order chi connectivity index (χ0) is 13.0. The summed E-state index contributed by atoms with van der Waals surface area (Å²) in [5, 5.41) is 14.1. The van der Waals surface area contributed by atoms with Crippen LogP contribution < -0.4 is 10.6 Å². The van der Waals surface area contributed by atoms with Crippen molar-refractivity contribution in [3.05, 3.63) is 35.4 Å². The SMILES string of the molecule is Cc1ccccc1C1(CNC(=O)NCCO)CC1. The topological polar surface area (TPSA) is 61.4 Å². The number of aliphatic hydroxyl groups excluding tert-OH is 1. The van der Waals surface area contributed by atoms with Crippen LogP contribution in [0, 0.1) is 6.92 Å². The summed E-state index contributed by atoms with van der Waals surface area (Å²) < 4.78 is 0. The van der Waals surface area contributed by atoms with Gasteiger partial charge in [0.1, 0.15) is 0 Å². The first-order valence-corrected chi connectivity index (χ1v) is 6.37. The zero-order valence-electron chi connectivity index (χ0n) is 10.7. The summed E-state index contributed by atoms with van der Waals surface area (Å²) in [4.78, 5) is 11.5. The third-order valence-corrected chi connectivity index (χ3v) is 3.55. The van der Waals surface area contributed by atoms with Gasteiger partial charge in [-0.2, -0.15) is 0 Å². The lowest BCUT2D eigenvalue weighted by atomic mass is 9.92. The second kappa shape index (κ2) is 5.40. The molecule has 0 spiro atoms. The number of nitrogens with one attached hydrogen (secondary N) is 2. The maximum absolute atomic E-state index is 11.5. The predicted molar refractivity (Wildman–Crippen MR) is 70.6 cm³/mol. The Morgan fingerprint density at radius 1 is 1.33 bits per heavy atom. The first kappa shape index (κ1) is 12.9. The molecule has 18 heavy (non-hydrogen) atoms. The van der Waals surface area contributed by atoms with E-state index in [9.17, 15) is 4.79 Å². The zero-order valence-corrected chi connectivity index (χ0v) is 10.7. The number of carbonyl (C=O) groups is 1. The molecule has 1 aliphatic rings. The Bertz CT molecular complexity index is 428. The maximum Gasteiger partial charge on any atom is 0.314 e. The summed E-state index contributed by atoms with van der Waals surface area (Å²) in [6.45, 7) is 3.04. The fraction of sp³-hybridized carbons (Fsp3) is 0.500. The van der Waals surface area contributed by atoms with Crippen molar-refractivity contribution in [1.29, 1.82) is 0 Å². The minimum atomic E-state index is -0.205. The third-order valence-electron chi connectivity index (χ3n) is 3.55. The van der Waals surface area contributed by atoms with Gasteiger partial charge in [-0.05, 0) is 30.9 Å². The van der Waals surface area contributed by atoms with Crippen LogP contribution in [-0.4, -0.2) is 30.8 Å². The molecule has 98 valence electrons. The molecule has 0 heterocycles. The number of hydrogen-bond donors (Lipinski definition) is 3. The van der Waals surface area contributed by atoms with Crippen LogP contribution in [-0.2, 0) is 5.41 Å². The highest BCUT2D eigenvalue weighted by molar-refractivity contribution is 5.74. The second-order valence-corrected chi connectivity index (χ2v) is 4.93. The number of amides is 2. The molecule has 2 rings (SSSR count). The first-order chi connectivity index (χ1) is 8.68. The average molecular weight is 248 g/mol. The molecule has 3 N–H and O–H groups in total. The number of urea groups is 1. The molecule has 0 unspecified atom stereocenters. The molecule has 2 amide bonds. The summed E-state index contributed by atoms with van der Waals surface area (Å²) in [7, 11) is 0. The van der Waals surface area contributed by atoms with Crippen molar-refractivity contribution >= 4 is 6.03 Å². The number of carbonyl (C=O) groups excluding carboxylic acids is 1. The molecule has 1 aromatic rings. The van der Waals surface area contributed by atoms with Gasteiger partial charge >= 0.3 is 6.03 Å². The van der Waals surface area contributed by atoms with Gasteiger partial charge in [0, 0.05) is 18.5 Å². The van der Waals surface area contributed by atoms with E-state index in [0.29, 0.717) is 13.1 Å². The summed E-state index contributed by atoms with van der Waals surface area (Å²) >= 11 is 0. The fourth-order valence-corrected chi connectivity index (χ4v) is 2.34. The molecule has 0 aromatic heterocycles. The lowest BCUT2D eigenvalue weighted by molar-refractivity contribution is 0.233. The highest BCUT2D eigenvalue weighted by Gasteiger charge is 2.45. The normalized spacial score (nSPS) is 16.1. The number of hydrogen-bond acceptors (Lipinski definition) is 2. The highest BCUT2D eigenvalue weighted by Crippen LogP contribution is 2.48. The number of aliphatic hydroxyl groups is 1. The Morgan fingerprint density at radius 3 is 2.67 bits per heavy atom. The highest BCUT2D eigenvalue weighted by atomic mass is 16.3. The molecule has 0 radical (unpaired) electrons. The largest absolute Gasteiger partial charge is 0.395 e. The van der Waals surface area contributed by atoms with Gasteiger partial charge in [0.05, 0.1) is 6.61 Å². The van der Waals surface area contributed by atoms with Gasteiger partial charge < -0.3 is 15.7 Å². The second-order valence-electron chi connectivity index (χ2n) is 4.93. The molecule has 0 saturated heterocycles. The summed E-state index contributed by atoms with van der Waals surface area (Å²) in [5.74, 6) is 0. The van der Waals surface area contributed by atoms with E-state index in [1.165, 1.54) is 11.1 Å². The molecule has 0 atom stereocenters. The van der Waals surface area contributed by atoms with E-state index in [4.69, 9.17) is 5.11 Å². The Balaban J connectivity index is 1.93. The van der Waals surface area contributed by atoms with Crippen LogP contribution in [0.15, 0.2) is 24.3 Å². The molecule has 1 fully saturated rings. The van der Waals surface area contributed by atoms with Crippen LogP contribution in [0.4, 0.5) is 4.79 Å². The van der Waals surface area contributed by atoms with Crippen LogP contribution in [0.3, 0.4) is 0 Å². The molecule has 0 bridgehead atoms. The molecular formula is C14H20N2O2. The van der Waals surface area contributed by atoms with Crippen LogP contribution in [0.2, 0.25) is 0 Å². The number of aryl methyl sites for hydroxylation is 1. The maximum atomic E-state index is 11.5. The molecule has 1 saturated carbocycles. The van der Waals surface area contributed by atoms with Crippen LogP contribution in [0.5, 0.6) is 0 Å². The van der Waals surface area contributed by atoms with Crippen molar-refractivity contribution in [3.63, 3.8) is 0 Å². The van der Waals surface area contributed by atoms with Crippen LogP contribution in [0.25, 0.3) is 0 Å². The molecule has 1 aromatic carbocycles. The first-order valence-electron chi connectivity index (χ1n) is 6.37. The van der Waals surface area contributed by atoms with Crippen molar-refractivity contribution in [2.75, 3.05) is 19.7 Å². The van der Waals surface area contributed by atoms with Gasteiger partial charge in [-0.15, -0.1) is 0 Å². The fourth-order valence-electron chi connectivity index (χ4n) is 2.34. The molecule has 0 aliphatic heterocycles. The van der Waals surface area contributed by atoms with Gasteiger partial charge in [0.15, 0.2) is 0 Å². The molecule has 4 nitrogen and oxygen atoms in total. The summed E-state index contributed by atoms with van der Waals surface area (Å²) in [5.41, 5.74) is 2.75. The number of rotatable bonds is 5. The minimum absolute atomic E-state index is 0.0314. The average Bonchev–Trinajstić information content (AvgIpc) is 3.15. The van der Waals surface area contributed by atoms with Gasteiger partial charge in [-0.1, -0.05) is 24.3 Å². The van der Waals surface area contributed by atoms with Gasteiger partial charge in [-0.25, -0.2) is 4.79 Å². The van der Waals surface area contributed by atoms with Gasteiger partial charge in [0.2, 0.25) is 0 Å². The predicted octanol–water partition coefficient (Wildman–Crippen LogP) is 1.32. The Hall–Kier alpha value is -1.55. The van der Waals surface area contributed by atoms with Crippen molar-refractivity contribution in [3.8, 4) is 0 Å². The lowest BCUT2D eigenvalue weighted by Crippen LogP contribution is -2.41. The van der Waals surface area contributed by atoms with E-state index >= 15 is 0 Å². The van der Waals surface area contributed by atoms with E-state index in [0.717, 1.165) is 12.8 Å². The van der Waals surface area contributed by atoms with Crippen molar-refractivity contribution in [2.24, 2.45) is 0 Å². The Morgan fingerprint density at radius 2 is 2.06 bits per heavy atom. The third kappa shape index (κ3) is 2.82. The number of benzene rings is 1. The van der Waals surface area contributed by atoms with E-state index in [1.54, 1.807) is 0 Å². The van der Waals surface area contributed by atoms with Crippen molar-refractivity contribution in [2.45, 2.75) is 25.2 Å². The Kier molecular flexibility index (Phi) is 3.87. The Labute approximate surface area is 107 Å². The van der Waals surface area contributed by atoms with E-state index in [1.807, 2.05) is 12.1 Å². The summed E-state index contributed by atoms with van der Waals surface area (Å²) in [6.07, 6.45) is 2.25. The van der Waals surface area contributed by atoms with Crippen molar-refractivity contribution in [1.82, 2.24) is 10.6 Å². The van der Waals surface area contributed by atoms with E-state index in [2.05, 4.69) is 29.7 Å². The minimum Gasteiger partial charge on any atom is -0.395 e. The smallest absolute Gasteiger partial charge is 0.314 e. The van der Waals surface area contributed by atoms with E-state index in [-0.39, 0.29) is 18.1 Å². The van der Waals surface area contributed by atoms with Crippen LogP contribution in [0.1, 0.15) is 24.0 Å². The van der Waals surface area contributed by atoms with Gasteiger partial charge in [-0.3, -0.25) is 0 Å². The van der Waals surface area contributed by atoms with E-state index < -0.39 is 0 Å². The van der Waals surface area contributed by atoms with Crippen molar-refractivity contribution < 1.29 is 9.90 Å². The molecule has 4 heteroatoms.